The van der Waals surface area contributed by atoms with E-state index in [1.807, 2.05) is 31.4 Å². The molecule has 1 aromatic heterocycles. The number of aliphatic imine (C=N–C) groups is 1. The summed E-state index contributed by atoms with van der Waals surface area (Å²) in [6, 6.07) is 12.7. The summed E-state index contributed by atoms with van der Waals surface area (Å²) in [4.78, 5) is 10.6. The summed E-state index contributed by atoms with van der Waals surface area (Å²) >= 11 is 1.56. The van der Waals surface area contributed by atoms with Crippen molar-refractivity contribution in [3.63, 3.8) is 0 Å². The minimum absolute atomic E-state index is 0. The fourth-order valence-electron chi connectivity index (χ4n) is 3.71. The van der Waals surface area contributed by atoms with E-state index in [1.165, 1.54) is 30.6 Å². The molecule has 3 N–H and O–H groups in total. The van der Waals surface area contributed by atoms with Crippen LogP contribution in [0.3, 0.4) is 0 Å². The molecule has 8 heteroatoms. The van der Waals surface area contributed by atoms with Gasteiger partial charge in [-0.2, -0.15) is 0 Å². The third kappa shape index (κ3) is 8.62. The molecule has 0 amide bonds. The normalized spacial score (nSPS) is 17.8. The average molecular weight is 572 g/mol. The van der Waals surface area contributed by atoms with Crippen molar-refractivity contribution in [1.82, 2.24) is 20.4 Å². The van der Waals surface area contributed by atoms with Crippen molar-refractivity contribution in [2.45, 2.75) is 39.0 Å². The second-order valence-corrected chi connectivity index (χ2v) is 9.50. The summed E-state index contributed by atoms with van der Waals surface area (Å²) in [5, 5.41) is 19.3. The minimum Gasteiger partial charge on any atom is -0.383 e. The van der Waals surface area contributed by atoms with E-state index in [4.69, 9.17) is 4.99 Å². The first kappa shape index (κ1) is 27.0. The second kappa shape index (κ2) is 13.5. The van der Waals surface area contributed by atoms with Crippen LogP contribution in [-0.4, -0.2) is 67.2 Å². The fraction of sp³-hybridized carbons (Fsp3) is 0.542. The van der Waals surface area contributed by atoms with Gasteiger partial charge in [0.1, 0.15) is 5.60 Å². The Morgan fingerprint density at radius 2 is 1.84 bits per heavy atom. The first-order valence-electron chi connectivity index (χ1n) is 11.2. The van der Waals surface area contributed by atoms with Crippen LogP contribution in [0, 0.1) is 0 Å². The Morgan fingerprint density at radius 1 is 1.09 bits per heavy atom. The van der Waals surface area contributed by atoms with Crippen LogP contribution < -0.4 is 10.6 Å². The Morgan fingerprint density at radius 3 is 2.53 bits per heavy atom. The lowest BCUT2D eigenvalue weighted by Gasteiger charge is -2.23. The molecule has 1 unspecified atom stereocenters. The Hall–Kier alpha value is -1.20. The molecule has 3 rings (SSSR count). The van der Waals surface area contributed by atoms with Crippen LogP contribution in [0.25, 0.3) is 0 Å². The maximum atomic E-state index is 10.7. The molecule has 1 aliphatic rings. The number of hydrogen-bond donors (Lipinski definition) is 3. The molecule has 1 aromatic carbocycles. The number of hydrogen-bond acceptors (Lipinski definition) is 5. The molecule has 0 saturated carbocycles. The van der Waals surface area contributed by atoms with Crippen LogP contribution in [0.1, 0.15) is 36.3 Å². The van der Waals surface area contributed by atoms with Gasteiger partial charge in [0.15, 0.2) is 5.96 Å². The average Bonchev–Trinajstić information content (AvgIpc) is 3.24. The van der Waals surface area contributed by atoms with Crippen molar-refractivity contribution >= 4 is 41.3 Å². The predicted molar refractivity (Wildman–Crippen MR) is 146 cm³/mol. The number of nitrogens with zero attached hydrogens (tertiary/aromatic N) is 3. The molecule has 2 aromatic rings. The van der Waals surface area contributed by atoms with Crippen LogP contribution in [0.15, 0.2) is 46.8 Å². The second-order valence-electron chi connectivity index (χ2n) is 8.55. The van der Waals surface area contributed by atoms with Gasteiger partial charge in [0.25, 0.3) is 0 Å². The summed E-state index contributed by atoms with van der Waals surface area (Å²) < 4.78 is 0. The van der Waals surface area contributed by atoms with Crippen molar-refractivity contribution in [3.8, 4) is 0 Å². The van der Waals surface area contributed by atoms with E-state index in [0.717, 1.165) is 37.0 Å². The zero-order valence-electron chi connectivity index (χ0n) is 19.5. The van der Waals surface area contributed by atoms with E-state index >= 15 is 0 Å². The highest BCUT2D eigenvalue weighted by Crippen LogP contribution is 2.24. The smallest absolute Gasteiger partial charge is 0.191 e. The van der Waals surface area contributed by atoms with Crippen LogP contribution in [0.2, 0.25) is 0 Å². The topological polar surface area (TPSA) is 63.1 Å². The minimum atomic E-state index is -0.922. The summed E-state index contributed by atoms with van der Waals surface area (Å²) in [6.07, 6.45) is 1.24. The SMILES string of the molecule is CCNC(=NCc1ccc(CN2CCCN(C)CC2)cc1)NCC(C)(O)c1cccs1.I. The maximum absolute atomic E-state index is 10.7. The van der Waals surface area contributed by atoms with E-state index in [1.54, 1.807) is 11.3 Å². The molecule has 6 nitrogen and oxygen atoms in total. The van der Waals surface area contributed by atoms with Crippen molar-refractivity contribution in [1.29, 1.82) is 0 Å². The Balaban J connectivity index is 0.00000363. The maximum Gasteiger partial charge on any atom is 0.191 e. The van der Waals surface area contributed by atoms with Crippen LogP contribution >= 0.6 is 35.3 Å². The van der Waals surface area contributed by atoms with Gasteiger partial charge in [0, 0.05) is 31.1 Å². The molecular weight excluding hydrogens is 533 g/mol. The number of nitrogens with one attached hydrogen (secondary N) is 2. The molecule has 178 valence electrons. The van der Waals surface area contributed by atoms with Gasteiger partial charge in [-0.15, -0.1) is 35.3 Å². The molecule has 0 aliphatic carbocycles. The lowest BCUT2D eigenvalue weighted by molar-refractivity contribution is 0.0655. The van der Waals surface area contributed by atoms with E-state index in [2.05, 4.69) is 51.7 Å². The molecule has 1 saturated heterocycles. The number of benzene rings is 1. The Labute approximate surface area is 214 Å². The monoisotopic (exact) mass is 571 g/mol. The molecule has 0 spiro atoms. The molecule has 1 fully saturated rings. The summed E-state index contributed by atoms with van der Waals surface area (Å²) in [5.41, 5.74) is 1.62. The molecule has 32 heavy (non-hydrogen) atoms. The molecular formula is C24H38IN5OS. The van der Waals surface area contributed by atoms with E-state index < -0.39 is 5.60 Å². The highest BCUT2D eigenvalue weighted by Gasteiger charge is 2.24. The number of aliphatic hydroxyl groups is 1. The lowest BCUT2D eigenvalue weighted by Crippen LogP contribution is -2.44. The van der Waals surface area contributed by atoms with Crippen molar-refractivity contribution in [2.75, 3.05) is 46.3 Å². The van der Waals surface area contributed by atoms with Gasteiger partial charge in [0.05, 0.1) is 13.1 Å². The molecule has 0 bridgehead atoms. The zero-order valence-corrected chi connectivity index (χ0v) is 22.7. The number of thiophene rings is 1. The summed E-state index contributed by atoms with van der Waals surface area (Å²) in [6.45, 7) is 11.3. The van der Waals surface area contributed by atoms with Crippen molar-refractivity contribution < 1.29 is 5.11 Å². The van der Waals surface area contributed by atoms with Gasteiger partial charge in [-0.3, -0.25) is 4.90 Å². The van der Waals surface area contributed by atoms with Crippen LogP contribution in [0.4, 0.5) is 0 Å². The first-order valence-corrected chi connectivity index (χ1v) is 12.1. The van der Waals surface area contributed by atoms with Gasteiger partial charge in [-0.05, 0) is 63.0 Å². The highest BCUT2D eigenvalue weighted by atomic mass is 127. The van der Waals surface area contributed by atoms with Crippen molar-refractivity contribution in [3.05, 3.63) is 57.8 Å². The van der Waals surface area contributed by atoms with E-state index in [9.17, 15) is 5.11 Å². The standard InChI is InChI=1S/C24H37N5OS.HI/c1-4-25-23(27-19-24(2,30)22-7-5-16-31-22)26-17-20-8-10-21(11-9-20)18-29-13-6-12-28(3)14-15-29;/h5,7-11,16,30H,4,6,12-15,17-19H2,1-3H3,(H2,25,26,27);1H. The van der Waals surface area contributed by atoms with E-state index in [0.29, 0.717) is 13.1 Å². The number of rotatable bonds is 8. The molecule has 2 heterocycles. The van der Waals surface area contributed by atoms with Gasteiger partial charge >= 0.3 is 0 Å². The zero-order chi connectivity index (χ0) is 22.1. The summed E-state index contributed by atoms with van der Waals surface area (Å²) in [7, 11) is 2.21. The Bertz CT molecular complexity index is 810. The quantitative estimate of drug-likeness (QED) is 0.258. The largest absolute Gasteiger partial charge is 0.383 e. The van der Waals surface area contributed by atoms with Gasteiger partial charge in [-0.1, -0.05) is 30.3 Å². The predicted octanol–water partition coefficient (Wildman–Crippen LogP) is 3.47. The van der Waals surface area contributed by atoms with E-state index in [-0.39, 0.29) is 24.0 Å². The van der Waals surface area contributed by atoms with Gasteiger partial charge < -0.3 is 20.6 Å². The number of likely N-dealkylation sites (N-methyl/N-ethyl adjacent to an activating group) is 1. The third-order valence-electron chi connectivity index (χ3n) is 5.66. The first-order chi connectivity index (χ1) is 15.0. The van der Waals surface area contributed by atoms with Crippen LogP contribution in [-0.2, 0) is 18.7 Å². The molecule has 0 radical (unpaired) electrons. The molecule has 1 aliphatic heterocycles. The van der Waals surface area contributed by atoms with Gasteiger partial charge in [0.2, 0.25) is 0 Å². The fourth-order valence-corrected chi connectivity index (χ4v) is 4.49. The number of halogens is 1. The molecule has 1 atom stereocenters. The van der Waals surface area contributed by atoms with Crippen LogP contribution in [0.5, 0.6) is 0 Å². The lowest BCUT2D eigenvalue weighted by atomic mass is 10.1. The third-order valence-corrected chi connectivity index (χ3v) is 6.78. The highest BCUT2D eigenvalue weighted by molar-refractivity contribution is 14.0. The number of guanidine groups is 1. The Kier molecular flexibility index (Phi) is 11.4. The van der Waals surface area contributed by atoms with Crippen molar-refractivity contribution in [2.24, 2.45) is 4.99 Å². The van der Waals surface area contributed by atoms with Gasteiger partial charge in [-0.25, -0.2) is 4.99 Å². The summed E-state index contributed by atoms with van der Waals surface area (Å²) in [5.74, 6) is 0.720.